The topological polar surface area (TPSA) is 28.2 Å². The van der Waals surface area contributed by atoms with E-state index in [0.717, 1.165) is 32.5 Å². The summed E-state index contributed by atoms with van der Waals surface area (Å²) < 4.78 is 0. The fraction of sp³-hybridized carbons (Fsp3) is 0.533. The van der Waals surface area contributed by atoms with Gasteiger partial charge in [0.25, 0.3) is 0 Å². The Morgan fingerprint density at radius 1 is 1.39 bits per heavy atom. The minimum absolute atomic E-state index is 0.651. The Labute approximate surface area is 111 Å². The molecular formula is C15H23N3. The van der Waals surface area contributed by atoms with E-state index in [1.54, 1.807) is 0 Å². The Bertz CT molecular complexity index is 382. The van der Waals surface area contributed by atoms with Gasteiger partial charge in [0.05, 0.1) is 6.54 Å². The Morgan fingerprint density at radius 3 is 2.89 bits per heavy atom. The highest BCUT2D eigenvalue weighted by Crippen LogP contribution is 2.19. The molecule has 0 spiro atoms. The van der Waals surface area contributed by atoms with E-state index in [1.807, 2.05) is 12.4 Å². The Balaban J connectivity index is 2.81. The van der Waals surface area contributed by atoms with Crippen molar-refractivity contribution >= 4 is 5.69 Å². The standard InChI is InChI=1S/C15H23N3/c1-4-8-16-12-14-13-17-9-7-15(14)18(10-5-2)11-6-3/h2,7,9,13,16H,4,6,8,10-12H2,1,3H3. The molecule has 1 aromatic rings. The molecule has 1 aromatic heterocycles. The molecule has 1 heterocycles. The van der Waals surface area contributed by atoms with Gasteiger partial charge in [0.15, 0.2) is 0 Å². The van der Waals surface area contributed by atoms with Crippen LogP contribution in [0.1, 0.15) is 32.3 Å². The molecule has 0 bridgehead atoms. The first-order valence-corrected chi connectivity index (χ1v) is 6.65. The van der Waals surface area contributed by atoms with E-state index in [-0.39, 0.29) is 0 Å². The van der Waals surface area contributed by atoms with Crippen LogP contribution in [0.5, 0.6) is 0 Å². The van der Waals surface area contributed by atoms with Crippen molar-refractivity contribution in [2.24, 2.45) is 0 Å². The van der Waals surface area contributed by atoms with Gasteiger partial charge >= 0.3 is 0 Å². The van der Waals surface area contributed by atoms with Gasteiger partial charge in [-0.05, 0) is 25.5 Å². The summed E-state index contributed by atoms with van der Waals surface area (Å²) >= 11 is 0. The maximum absolute atomic E-state index is 5.45. The summed E-state index contributed by atoms with van der Waals surface area (Å²) in [5.41, 5.74) is 2.42. The van der Waals surface area contributed by atoms with Crippen LogP contribution in [0.25, 0.3) is 0 Å². The fourth-order valence-corrected chi connectivity index (χ4v) is 1.93. The van der Waals surface area contributed by atoms with Crippen LogP contribution in [0, 0.1) is 12.3 Å². The molecule has 0 saturated heterocycles. The van der Waals surface area contributed by atoms with Crippen molar-refractivity contribution in [3.8, 4) is 12.3 Å². The van der Waals surface area contributed by atoms with E-state index in [2.05, 4.69) is 41.0 Å². The molecule has 0 aliphatic rings. The zero-order valence-electron chi connectivity index (χ0n) is 11.4. The van der Waals surface area contributed by atoms with E-state index in [4.69, 9.17) is 6.42 Å². The first kappa shape index (κ1) is 14.5. The normalized spacial score (nSPS) is 10.1. The number of nitrogens with one attached hydrogen (secondary N) is 1. The van der Waals surface area contributed by atoms with E-state index in [9.17, 15) is 0 Å². The average Bonchev–Trinajstić information content (AvgIpc) is 2.39. The molecule has 0 amide bonds. The van der Waals surface area contributed by atoms with E-state index in [1.165, 1.54) is 11.3 Å². The van der Waals surface area contributed by atoms with Crippen LogP contribution in [-0.4, -0.2) is 24.6 Å². The van der Waals surface area contributed by atoms with Crippen LogP contribution in [0.4, 0.5) is 5.69 Å². The first-order valence-electron chi connectivity index (χ1n) is 6.65. The molecule has 0 atom stereocenters. The molecule has 1 rings (SSSR count). The van der Waals surface area contributed by atoms with Crippen molar-refractivity contribution in [2.75, 3.05) is 24.5 Å². The second-order valence-electron chi connectivity index (χ2n) is 4.31. The summed E-state index contributed by atoms with van der Waals surface area (Å²) in [5, 5.41) is 3.41. The van der Waals surface area contributed by atoms with E-state index < -0.39 is 0 Å². The molecular weight excluding hydrogens is 222 g/mol. The third-order valence-electron chi connectivity index (χ3n) is 2.74. The van der Waals surface area contributed by atoms with Gasteiger partial charge in [0, 0.05) is 36.7 Å². The lowest BCUT2D eigenvalue weighted by atomic mass is 10.2. The molecule has 3 heteroatoms. The molecule has 18 heavy (non-hydrogen) atoms. The fourth-order valence-electron chi connectivity index (χ4n) is 1.93. The summed E-state index contributed by atoms with van der Waals surface area (Å²) in [6, 6.07) is 2.05. The zero-order valence-corrected chi connectivity index (χ0v) is 11.4. The van der Waals surface area contributed by atoms with Gasteiger partial charge in [-0.25, -0.2) is 0 Å². The Morgan fingerprint density at radius 2 is 2.22 bits per heavy atom. The largest absolute Gasteiger partial charge is 0.360 e. The predicted octanol–water partition coefficient (Wildman–Crippen LogP) is 2.43. The molecule has 3 nitrogen and oxygen atoms in total. The number of pyridine rings is 1. The van der Waals surface area contributed by atoms with Gasteiger partial charge in [-0.15, -0.1) is 6.42 Å². The number of aromatic nitrogens is 1. The maximum Gasteiger partial charge on any atom is 0.0791 e. The SMILES string of the molecule is C#CCN(CCC)c1ccncc1CNCCC. The molecule has 0 aliphatic carbocycles. The zero-order chi connectivity index (χ0) is 13.2. The van der Waals surface area contributed by atoms with Crippen LogP contribution in [-0.2, 0) is 6.54 Å². The number of terminal acetylenes is 1. The molecule has 1 N–H and O–H groups in total. The van der Waals surface area contributed by atoms with Crippen molar-refractivity contribution in [2.45, 2.75) is 33.2 Å². The minimum Gasteiger partial charge on any atom is -0.360 e. The smallest absolute Gasteiger partial charge is 0.0791 e. The molecule has 0 aromatic carbocycles. The molecule has 98 valence electrons. The van der Waals surface area contributed by atoms with Crippen LogP contribution in [0.2, 0.25) is 0 Å². The maximum atomic E-state index is 5.45. The van der Waals surface area contributed by atoms with Crippen molar-refractivity contribution in [3.05, 3.63) is 24.0 Å². The van der Waals surface area contributed by atoms with Gasteiger partial charge in [0.2, 0.25) is 0 Å². The highest BCUT2D eigenvalue weighted by molar-refractivity contribution is 5.53. The first-order chi connectivity index (χ1) is 8.83. The summed E-state index contributed by atoms with van der Waals surface area (Å²) in [6.45, 7) is 7.84. The number of nitrogens with zero attached hydrogens (tertiary/aromatic N) is 2. The lowest BCUT2D eigenvalue weighted by molar-refractivity contribution is 0.671. The van der Waals surface area contributed by atoms with Gasteiger partial charge in [-0.1, -0.05) is 19.8 Å². The minimum atomic E-state index is 0.651. The number of hydrogen-bond acceptors (Lipinski definition) is 3. The van der Waals surface area contributed by atoms with Crippen LogP contribution in [0.15, 0.2) is 18.5 Å². The quantitative estimate of drug-likeness (QED) is 0.563. The van der Waals surface area contributed by atoms with Gasteiger partial charge < -0.3 is 10.2 Å². The Hall–Kier alpha value is -1.53. The molecule has 0 unspecified atom stereocenters. The van der Waals surface area contributed by atoms with Gasteiger partial charge in [-0.2, -0.15) is 0 Å². The van der Waals surface area contributed by atoms with Crippen molar-refractivity contribution in [1.82, 2.24) is 10.3 Å². The van der Waals surface area contributed by atoms with Gasteiger partial charge in [-0.3, -0.25) is 4.98 Å². The summed E-state index contributed by atoms with van der Waals surface area (Å²) in [5.74, 6) is 2.73. The van der Waals surface area contributed by atoms with Crippen LogP contribution < -0.4 is 10.2 Å². The number of hydrogen-bond donors (Lipinski definition) is 1. The third-order valence-corrected chi connectivity index (χ3v) is 2.74. The second kappa shape index (κ2) is 8.54. The van der Waals surface area contributed by atoms with Crippen LogP contribution >= 0.6 is 0 Å². The summed E-state index contributed by atoms with van der Waals surface area (Å²) in [6.07, 6.45) is 11.4. The van der Waals surface area contributed by atoms with Gasteiger partial charge in [0.1, 0.15) is 0 Å². The second-order valence-corrected chi connectivity index (χ2v) is 4.31. The lowest BCUT2D eigenvalue weighted by Gasteiger charge is -2.24. The summed E-state index contributed by atoms with van der Waals surface area (Å²) in [4.78, 5) is 6.45. The molecule has 0 fully saturated rings. The van der Waals surface area contributed by atoms with Crippen molar-refractivity contribution in [1.29, 1.82) is 0 Å². The third kappa shape index (κ3) is 4.38. The molecule has 0 radical (unpaired) electrons. The predicted molar refractivity (Wildman–Crippen MR) is 77.6 cm³/mol. The van der Waals surface area contributed by atoms with E-state index >= 15 is 0 Å². The highest BCUT2D eigenvalue weighted by Gasteiger charge is 2.09. The number of rotatable bonds is 8. The molecule has 0 aliphatic heterocycles. The highest BCUT2D eigenvalue weighted by atomic mass is 15.1. The lowest BCUT2D eigenvalue weighted by Crippen LogP contribution is -2.26. The molecule has 0 saturated carbocycles. The monoisotopic (exact) mass is 245 g/mol. The van der Waals surface area contributed by atoms with Crippen molar-refractivity contribution < 1.29 is 0 Å². The van der Waals surface area contributed by atoms with Crippen LogP contribution in [0.3, 0.4) is 0 Å². The van der Waals surface area contributed by atoms with E-state index in [0.29, 0.717) is 6.54 Å². The average molecular weight is 245 g/mol. The number of anilines is 1. The van der Waals surface area contributed by atoms with Crippen molar-refractivity contribution in [3.63, 3.8) is 0 Å². The summed E-state index contributed by atoms with van der Waals surface area (Å²) in [7, 11) is 0. The Kier molecular flexibility index (Phi) is 6.90.